The molecule has 17 heavy (non-hydrogen) atoms. The molecule has 0 aromatic heterocycles. The molecule has 2 N–H and O–H groups in total. The summed E-state index contributed by atoms with van der Waals surface area (Å²) in [4.78, 5) is 22.3. The van der Waals surface area contributed by atoms with Gasteiger partial charge in [-0.05, 0) is 26.2 Å². The summed E-state index contributed by atoms with van der Waals surface area (Å²) in [7, 11) is 1.51. The van der Waals surface area contributed by atoms with Gasteiger partial charge in [0, 0.05) is 13.7 Å². The largest absolute Gasteiger partial charge is 0.481 e. The first kappa shape index (κ1) is 15.9. The van der Waals surface area contributed by atoms with E-state index in [4.69, 9.17) is 9.84 Å². The lowest BCUT2D eigenvalue weighted by atomic mass is 10.0. The fourth-order valence-corrected chi connectivity index (χ4v) is 1.32. The van der Waals surface area contributed by atoms with Crippen molar-refractivity contribution in [3.8, 4) is 0 Å². The zero-order valence-electron chi connectivity index (χ0n) is 11.1. The minimum Gasteiger partial charge on any atom is -0.481 e. The monoisotopic (exact) mass is 245 g/mol. The molecule has 0 saturated carbocycles. The average Bonchev–Trinajstić information content (AvgIpc) is 2.32. The molecule has 2 unspecified atom stereocenters. The highest BCUT2D eigenvalue weighted by Crippen LogP contribution is 2.13. The van der Waals surface area contributed by atoms with E-state index in [-0.39, 0.29) is 11.8 Å². The third-order valence-corrected chi connectivity index (χ3v) is 3.13. The van der Waals surface area contributed by atoms with Crippen LogP contribution >= 0.6 is 0 Å². The number of carbonyl (C=O) groups excluding carboxylic acids is 1. The first-order chi connectivity index (χ1) is 7.87. The summed E-state index contributed by atoms with van der Waals surface area (Å²) < 4.78 is 5.16. The number of carbonyl (C=O) groups is 2. The lowest BCUT2D eigenvalue weighted by molar-refractivity contribution is -0.141. The molecule has 5 heteroatoms. The molecule has 0 aromatic rings. The van der Waals surface area contributed by atoms with E-state index >= 15 is 0 Å². The van der Waals surface area contributed by atoms with E-state index in [2.05, 4.69) is 5.32 Å². The summed E-state index contributed by atoms with van der Waals surface area (Å²) in [6.07, 6.45) is 1.81. The number of carboxylic acids is 1. The van der Waals surface area contributed by atoms with Gasteiger partial charge in [-0.15, -0.1) is 0 Å². The van der Waals surface area contributed by atoms with Crippen molar-refractivity contribution >= 4 is 11.9 Å². The molecule has 1 amide bonds. The number of aliphatic carboxylic acids is 1. The molecular formula is C12H23NO4. The number of hydrogen-bond acceptors (Lipinski definition) is 3. The molecule has 0 aliphatic rings. The van der Waals surface area contributed by atoms with Gasteiger partial charge in [0.2, 0.25) is 0 Å². The van der Waals surface area contributed by atoms with Crippen molar-refractivity contribution in [3.63, 3.8) is 0 Å². The Morgan fingerprint density at radius 1 is 1.47 bits per heavy atom. The summed E-state index contributed by atoms with van der Waals surface area (Å²) in [5.74, 6) is -1.32. The van der Waals surface area contributed by atoms with Gasteiger partial charge >= 0.3 is 5.97 Å². The van der Waals surface area contributed by atoms with Gasteiger partial charge < -0.3 is 15.2 Å². The summed E-state index contributed by atoms with van der Waals surface area (Å²) in [5.41, 5.74) is -0.793. The predicted octanol–water partition coefficient (Wildman–Crippen LogP) is 1.42. The molecule has 0 aliphatic heterocycles. The normalized spacial score (nSPS) is 16.0. The van der Waals surface area contributed by atoms with Crippen LogP contribution in [0.1, 0.15) is 40.0 Å². The number of hydrogen-bond donors (Lipinski definition) is 2. The highest BCUT2D eigenvalue weighted by Gasteiger charge is 2.30. The third-order valence-electron chi connectivity index (χ3n) is 3.13. The molecule has 0 fully saturated rings. The lowest BCUT2D eigenvalue weighted by Gasteiger charge is -2.25. The summed E-state index contributed by atoms with van der Waals surface area (Å²) in [6, 6.07) is 0. The molecule has 0 rings (SSSR count). The average molecular weight is 245 g/mol. The molecule has 100 valence electrons. The number of rotatable bonds is 8. The Morgan fingerprint density at radius 3 is 2.47 bits per heavy atom. The molecule has 0 saturated heterocycles. The van der Waals surface area contributed by atoms with Gasteiger partial charge in [0.1, 0.15) is 5.60 Å². The molecular weight excluding hydrogens is 222 g/mol. The van der Waals surface area contributed by atoms with Gasteiger partial charge in [-0.3, -0.25) is 9.59 Å². The van der Waals surface area contributed by atoms with Gasteiger partial charge in [0.05, 0.1) is 5.92 Å². The van der Waals surface area contributed by atoms with E-state index in [1.165, 1.54) is 7.11 Å². The number of nitrogens with one attached hydrogen (secondary N) is 1. The summed E-state index contributed by atoms with van der Waals surface area (Å²) in [5, 5.41) is 11.5. The van der Waals surface area contributed by atoms with Crippen molar-refractivity contribution in [1.29, 1.82) is 0 Å². The van der Waals surface area contributed by atoms with Crippen molar-refractivity contribution in [2.24, 2.45) is 5.92 Å². The molecule has 0 radical (unpaired) electrons. The van der Waals surface area contributed by atoms with Gasteiger partial charge in [-0.2, -0.15) is 0 Å². The standard InChI is InChI=1S/C12H23NO4/c1-5-12(3,17-4)11(16)13-8-6-7-9(2)10(14)15/h9H,5-8H2,1-4H3,(H,13,16)(H,14,15). The SMILES string of the molecule is CCC(C)(OC)C(=O)NCCCC(C)C(=O)O. The molecule has 5 nitrogen and oxygen atoms in total. The minimum atomic E-state index is -0.799. The summed E-state index contributed by atoms with van der Waals surface area (Å²) >= 11 is 0. The Hall–Kier alpha value is -1.10. The van der Waals surface area contributed by atoms with Crippen LogP contribution in [-0.4, -0.2) is 36.2 Å². The fourth-order valence-electron chi connectivity index (χ4n) is 1.32. The Morgan fingerprint density at radius 2 is 2.06 bits per heavy atom. The molecule has 2 atom stereocenters. The maximum atomic E-state index is 11.8. The van der Waals surface area contributed by atoms with Crippen LogP contribution in [0.2, 0.25) is 0 Å². The van der Waals surface area contributed by atoms with Crippen LogP contribution in [0, 0.1) is 5.92 Å². The quantitative estimate of drug-likeness (QED) is 0.634. The van der Waals surface area contributed by atoms with E-state index in [0.717, 1.165) is 0 Å². The first-order valence-electron chi connectivity index (χ1n) is 5.93. The van der Waals surface area contributed by atoms with E-state index in [1.54, 1.807) is 13.8 Å². The Kier molecular flexibility index (Phi) is 6.80. The second kappa shape index (κ2) is 7.27. The lowest BCUT2D eigenvalue weighted by Crippen LogP contribution is -2.45. The zero-order valence-corrected chi connectivity index (χ0v) is 11.1. The van der Waals surface area contributed by atoms with Gasteiger partial charge in [0.25, 0.3) is 5.91 Å². The van der Waals surface area contributed by atoms with Gasteiger partial charge in [-0.25, -0.2) is 0 Å². The van der Waals surface area contributed by atoms with Crippen LogP contribution in [-0.2, 0) is 14.3 Å². The molecule has 0 bridgehead atoms. The van der Waals surface area contributed by atoms with Gasteiger partial charge in [0.15, 0.2) is 0 Å². The van der Waals surface area contributed by atoms with Crippen LogP contribution < -0.4 is 5.32 Å². The maximum Gasteiger partial charge on any atom is 0.306 e. The maximum absolute atomic E-state index is 11.8. The van der Waals surface area contributed by atoms with Crippen molar-refractivity contribution in [2.45, 2.75) is 45.6 Å². The topological polar surface area (TPSA) is 75.6 Å². The van der Waals surface area contributed by atoms with Crippen LogP contribution in [0.4, 0.5) is 0 Å². The van der Waals surface area contributed by atoms with Crippen LogP contribution in [0.15, 0.2) is 0 Å². The third kappa shape index (κ3) is 5.17. The van der Waals surface area contributed by atoms with Crippen LogP contribution in [0.5, 0.6) is 0 Å². The summed E-state index contributed by atoms with van der Waals surface area (Å²) in [6.45, 7) is 5.77. The Balaban J connectivity index is 3.90. The predicted molar refractivity (Wildman–Crippen MR) is 64.7 cm³/mol. The number of methoxy groups -OCH3 is 1. The van der Waals surface area contributed by atoms with Crippen molar-refractivity contribution < 1.29 is 19.4 Å². The minimum absolute atomic E-state index is 0.148. The van der Waals surface area contributed by atoms with Crippen LogP contribution in [0.25, 0.3) is 0 Å². The molecule has 0 spiro atoms. The van der Waals surface area contributed by atoms with E-state index in [9.17, 15) is 9.59 Å². The molecule has 0 aliphatic carbocycles. The Labute approximate surface area is 103 Å². The highest BCUT2D eigenvalue weighted by atomic mass is 16.5. The number of carboxylic acid groups (broad SMARTS) is 1. The van der Waals surface area contributed by atoms with Crippen LogP contribution in [0.3, 0.4) is 0 Å². The van der Waals surface area contributed by atoms with Crippen molar-refractivity contribution in [1.82, 2.24) is 5.32 Å². The second-order valence-electron chi connectivity index (χ2n) is 4.43. The van der Waals surface area contributed by atoms with Crippen molar-refractivity contribution in [3.05, 3.63) is 0 Å². The first-order valence-corrected chi connectivity index (χ1v) is 5.93. The number of amides is 1. The number of ether oxygens (including phenoxy) is 1. The zero-order chi connectivity index (χ0) is 13.5. The molecule has 0 aromatic carbocycles. The Bertz CT molecular complexity index is 261. The fraction of sp³-hybridized carbons (Fsp3) is 0.833. The smallest absolute Gasteiger partial charge is 0.306 e. The van der Waals surface area contributed by atoms with E-state index in [1.807, 2.05) is 6.92 Å². The van der Waals surface area contributed by atoms with Gasteiger partial charge in [-0.1, -0.05) is 13.8 Å². The van der Waals surface area contributed by atoms with E-state index < -0.39 is 11.6 Å². The second-order valence-corrected chi connectivity index (χ2v) is 4.43. The molecule has 0 heterocycles. The highest BCUT2D eigenvalue weighted by molar-refractivity contribution is 5.84. The van der Waals surface area contributed by atoms with E-state index in [0.29, 0.717) is 25.8 Å². The van der Waals surface area contributed by atoms with Crippen molar-refractivity contribution in [2.75, 3.05) is 13.7 Å².